The second-order valence-electron chi connectivity index (χ2n) is 9.66. The molecule has 3 unspecified atom stereocenters. The molecule has 0 aliphatic rings. The molecule has 0 aromatic carbocycles. The Morgan fingerprint density at radius 3 is 1.50 bits per heavy atom. The van der Waals surface area contributed by atoms with E-state index in [2.05, 4.69) is 46.5 Å². The Kier molecular flexibility index (Phi) is 20.9. The summed E-state index contributed by atoms with van der Waals surface area (Å²) in [6, 6.07) is 0. The van der Waals surface area contributed by atoms with Crippen LogP contribution in [0.4, 0.5) is 0 Å². The van der Waals surface area contributed by atoms with E-state index in [1.807, 2.05) is 0 Å². The third-order valence-corrected chi connectivity index (χ3v) is 6.30. The van der Waals surface area contributed by atoms with Gasteiger partial charge in [-0.25, -0.2) is 0 Å². The van der Waals surface area contributed by atoms with Gasteiger partial charge in [0.2, 0.25) is 0 Å². The topological polar surface area (TPSA) is 0 Å². The molecule has 0 rings (SSSR count). The van der Waals surface area contributed by atoms with Gasteiger partial charge in [0.05, 0.1) is 0 Å². The molecule has 0 N–H and O–H groups in total. The fraction of sp³-hybridized carbons (Fsp3) is 0.929. The molecule has 0 nitrogen and oxygen atoms in total. The van der Waals surface area contributed by atoms with Crippen molar-refractivity contribution in [2.24, 2.45) is 17.8 Å². The lowest BCUT2D eigenvalue weighted by atomic mass is 9.93. The van der Waals surface area contributed by atoms with Crippen LogP contribution in [0.15, 0.2) is 0 Å². The Bertz CT molecular complexity index is 358. The molecule has 0 fully saturated rings. The van der Waals surface area contributed by atoms with Crippen LogP contribution in [0.25, 0.3) is 0 Å². The van der Waals surface area contributed by atoms with Crippen LogP contribution in [0.5, 0.6) is 0 Å². The van der Waals surface area contributed by atoms with Crippen LogP contribution in [-0.4, -0.2) is 0 Å². The number of unbranched alkanes of at least 4 members (excludes halogenated alkanes) is 10. The minimum atomic E-state index is 0.584. The van der Waals surface area contributed by atoms with Gasteiger partial charge in [-0.1, -0.05) is 125 Å². The Labute approximate surface area is 180 Å². The SMILES string of the molecule is CCCCCCCCCC(C)CCC#CC(C)CCC(C)CCCCCCC. The minimum Gasteiger partial charge on any atom is -0.103 e. The fourth-order valence-electron chi connectivity index (χ4n) is 4.01. The van der Waals surface area contributed by atoms with Crippen molar-refractivity contribution in [2.75, 3.05) is 0 Å². The molecule has 166 valence electrons. The molecule has 0 spiro atoms. The zero-order chi connectivity index (χ0) is 20.9. The zero-order valence-electron chi connectivity index (χ0n) is 20.5. The van der Waals surface area contributed by atoms with E-state index in [0.717, 1.165) is 18.3 Å². The summed E-state index contributed by atoms with van der Waals surface area (Å²) in [5.74, 6) is 9.33. The van der Waals surface area contributed by atoms with Crippen LogP contribution in [0.2, 0.25) is 0 Å². The highest BCUT2D eigenvalue weighted by Crippen LogP contribution is 2.19. The van der Waals surface area contributed by atoms with Crippen LogP contribution >= 0.6 is 0 Å². The van der Waals surface area contributed by atoms with Crippen molar-refractivity contribution in [1.82, 2.24) is 0 Å². The zero-order valence-corrected chi connectivity index (χ0v) is 20.5. The minimum absolute atomic E-state index is 0.584. The first-order chi connectivity index (χ1) is 13.6. The Balaban J connectivity index is 3.58. The van der Waals surface area contributed by atoms with Crippen molar-refractivity contribution in [3.05, 3.63) is 0 Å². The molecule has 0 aromatic heterocycles. The molecule has 0 heterocycles. The average Bonchev–Trinajstić information content (AvgIpc) is 2.68. The van der Waals surface area contributed by atoms with Gasteiger partial charge in [-0.05, 0) is 31.1 Å². The highest BCUT2D eigenvalue weighted by atomic mass is 14.1. The molecule has 0 saturated carbocycles. The van der Waals surface area contributed by atoms with E-state index >= 15 is 0 Å². The van der Waals surface area contributed by atoms with E-state index in [1.54, 1.807) is 0 Å². The molecule has 0 aliphatic heterocycles. The average molecular weight is 391 g/mol. The summed E-state index contributed by atoms with van der Waals surface area (Å²) in [6.07, 6.45) is 24.9. The van der Waals surface area contributed by atoms with E-state index in [0.29, 0.717) is 5.92 Å². The highest BCUT2D eigenvalue weighted by molar-refractivity contribution is 5.02. The molecular formula is C28H54. The van der Waals surface area contributed by atoms with Gasteiger partial charge in [0.15, 0.2) is 0 Å². The fourth-order valence-corrected chi connectivity index (χ4v) is 4.01. The monoisotopic (exact) mass is 390 g/mol. The van der Waals surface area contributed by atoms with Crippen molar-refractivity contribution >= 4 is 0 Å². The third-order valence-electron chi connectivity index (χ3n) is 6.30. The quantitative estimate of drug-likeness (QED) is 0.152. The van der Waals surface area contributed by atoms with Gasteiger partial charge in [-0.15, -0.1) is 11.8 Å². The summed E-state index contributed by atoms with van der Waals surface area (Å²) in [6.45, 7) is 11.8. The highest BCUT2D eigenvalue weighted by Gasteiger charge is 2.05. The van der Waals surface area contributed by atoms with Gasteiger partial charge in [0.1, 0.15) is 0 Å². The summed E-state index contributed by atoms with van der Waals surface area (Å²) < 4.78 is 0. The van der Waals surface area contributed by atoms with Crippen molar-refractivity contribution in [2.45, 2.75) is 150 Å². The molecule has 0 bridgehead atoms. The Morgan fingerprint density at radius 2 is 0.964 bits per heavy atom. The molecule has 3 atom stereocenters. The lowest BCUT2D eigenvalue weighted by Gasteiger charge is -2.12. The van der Waals surface area contributed by atoms with E-state index in [-0.39, 0.29) is 0 Å². The Hall–Kier alpha value is -0.440. The summed E-state index contributed by atoms with van der Waals surface area (Å²) in [7, 11) is 0. The molecule has 0 heteroatoms. The van der Waals surface area contributed by atoms with Crippen LogP contribution in [0.3, 0.4) is 0 Å². The maximum atomic E-state index is 3.52. The summed E-state index contributed by atoms with van der Waals surface area (Å²) in [4.78, 5) is 0. The first kappa shape index (κ1) is 27.6. The molecule has 28 heavy (non-hydrogen) atoms. The standard InChI is InChI=1S/C28H54/c1-6-8-10-12-13-15-17-20-26(3)22-18-19-23-28(5)25-24-27(4)21-16-14-11-9-7-2/h26-28H,6-18,20-22,24-25H2,1-5H3. The predicted octanol–water partition coefficient (Wildman–Crippen LogP) is 9.96. The molecule has 0 amide bonds. The van der Waals surface area contributed by atoms with Crippen molar-refractivity contribution < 1.29 is 0 Å². The molecule has 0 saturated heterocycles. The van der Waals surface area contributed by atoms with Crippen LogP contribution in [0.1, 0.15) is 150 Å². The van der Waals surface area contributed by atoms with Crippen molar-refractivity contribution in [1.29, 1.82) is 0 Å². The lowest BCUT2D eigenvalue weighted by Crippen LogP contribution is -1.99. The molecule has 0 aromatic rings. The first-order valence-corrected chi connectivity index (χ1v) is 13.1. The van der Waals surface area contributed by atoms with E-state index < -0.39 is 0 Å². The van der Waals surface area contributed by atoms with Gasteiger partial charge < -0.3 is 0 Å². The smallest absolute Gasteiger partial charge is 0.0174 e. The maximum Gasteiger partial charge on any atom is 0.0174 e. The normalized spacial score (nSPS) is 14.3. The Morgan fingerprint density at radius 1 is 0.500 bits per heavy atom. The predicted molar refractivity (Wildman–Crippen MR) is 130 cm³/mol. The van der Waals surface area contributed by atoms with Crippen molar-refractivity contribution in [3.63, 3.8) is 0 Å². The maximum absolute atomic E-state index is 3.52. The molecule has 0 radical (unpaired) electrons. The second-order valence-corrected chi connectivity index (χ2v) is 9.66. The van der Waals surface area contributed by atoms with Gasteiger partial charge >= 0.3 is 0 Å². The summed E-state index contributed by atoms with van der Waals surface area (Å²) in [5, 5.41) is 0. The van der Waals surface area contributed by atoms with E-state index in [1.165, 1.54) is 109 Å². The summed E-state index contributed by atoms with van der Waals surface area (Å²) >= 11 is 0. The van der Waals surface area contributed by atoms with Gasteiger partial charge in [0.25, 0.3) is 0 Å². The third kappa shape index (κ3) is 20.3. The number of rotatable bonds is 19. The van der Waals surface area contributed by atoms with Gasteiger partial charge in [0, 0.05) is 12.3 Å². The van der Waals surface area contributed by atoms with Gasteiger partial charge in [-0.2, -0.15) is 0 Å². The van der Waals surface area contributed by atoms with E-state index in [4.69, 9.17) is 0 Å². The van der Waals surface area contributed by atoms with Crippen LogP contribution < -0.4 is 0 Å². The van der Waals surface area contributed by atoms with Crippen molar-refractivity contribution in [3.8, 4) is 11.8 Å². The molecular weight excluding hydrogens is 336 g/mol. The number of hydrogen-bond acceptors (Lipinski definition) is 0. The van der Waals surface area contributed by atoms with Crippen LogP contribution in [-0.2, 0) is 0 Å². The van der Waals surface area contributed by atoms with E-state index in [9.17, 15) is 0 Å². The first-order valence-electron chi connectivity index (χ1n) is 13.1. The summed E-state index contributed by atoms with van der Waals surface area (Å²) in [5.41, 5.74) is 0. The van der Waals surface area contributed by atoms with Crippen LogP contribution in [0, 0.1) is 29.6 Å². The lowest BCUT2D eigenvalue weighted by molar-refractivity contribution is 0.426. The molecule has 0 aliphatic carbocycles. The largest absolute Gasteiger partial charge is 0.103 e. The second kappa shape index (κ2) is 21.3. The number of hydrogen-bond donors (Lipinski definition) is 0. The van der Waals surface area contributed by atoms with Gasteiger partial charge in [-0.3, -0.25) is 0 Å².